The Kier molecular flexibility index (Phi) is 5.68. The molecule has 0 spiro atoms. The van der Waals surface area contributed by atoms with E-state index in [1.807, 2.05) is 6.07 Å². The molecule has 1 aliphatic carbocycles. The van der Waals surface area contributed by atoms with Crippen molar-refractivity contribution in [2.45, 2.75) is 45.6 Å². The Morgan fingerprint density at radius 3 is 2.88 bits per heavy atom. The zero-order valence-corrected chi connectivity index (χ0v) is 10.6. The molecule has 4 nitrogen and oxygen atoms in total. The molecule has 0 saturated heterocycles. The van der Waals surface area contributed by atoms with Gasteiger partial charge in [0.2, 0.25) is 0 Å². The summed E-state index contributed by atoms with van der Waals surface area (Å²) in [5.41, 5.74) is 0. The first-order chi connectivity index (χ1) is 8.19. The summed E-state index contributed by atoms with van der Waals surface area (Å²) in [6.45, 7) is 4.20. The molecule has 17 heavy (non-hydrogen) atoms. The van der Waals surface area contributed by atoms with Crippen LogP contribution in [0.15, 0.2) is 4.99 Å². The van der Waals surface area contributed by atoms with E-state index in [4.69, 9.17) is 10.00 Å². The molecule has 1 aliphatic rings. The Labute approximate surface area is 103 Å². The van der Waals surface area contributed by atoms with Crippen molar-refractivity contribution in [1.82, 2.24) is 0 Å². The fourth-order valence-electron chi connectivity index (χ4n) is 2.09. The molecule has 0 radical (unpaired) electrons. The Bertz CT molecular complexity index is 320. The van der Waals surface area contributed by atoms with Gasteiger partial charge in [0.1, 0.15) is 0 Å². The highest BCUT2D eigenvalue weighted by atomic mass is 16.5. The molecule has 0 N–H and O–H groups in total. The van der Waals surface area contributed by atoms with Crippen LogP contribution in [0.2, 0.25) is 0 Å². The number of aliphatic imine (C=N–C) groups is 1. The number of hydrogen-bond acceptors (Lipinski definition) is 4. The summed E-state index contributed by atoms with van der Waals surface area (Å²) in [6, 6.07) is 2.18. The summed E-state index contributed by atoms with van der Waals surface area (Å²) in [4.78, 5) is 15.8. The Hall–Kier alpha value is -1.37. The first-order valence-corrected chi connectivity index (χ1v) is 6.28. The van der Waals surface area contributed by atoms with Crippen molar-refractivity contribution in [2.24, 2.45) is 16.8 Å². The number of carbonyl (C=O) groups excluding carboxylic acids is 1. The van der Waals surface area contributed by atoms with E-state index in [2.05, 4.69) is 11.9 Å². The molecule has 1 fully saturated rings. The van der Waals surface area contributed by atoms with Gasteiger partial charge in [0, 0.05) is 6.21 Å². The number of esters is 1. The molecule has 0 aromatic carbocycles. The van der Waals surface area contributed by atoms with E-state index in [9.17, 15) is 4.79 Å². The minimum Gasteiger partial charge on any atom is -0.465 e. The third-order valence-electron chi connectivity index (χ3n) is 3.17. The van der Waals surface area contributed by atoms with Crippen LogP contribution in [-0.4, -0.2) is 24.8 Å². The summed E-state index contributed by atoms with van der Waals surface area (Å²) in [5.74, 6) is -0.812. The average Bonchev–Trinajstić information content (AvgIpc) is 2.32. The van der Waals surface area contributed by atoms with Gasteiger partial charge in [-0.1, -0.05) is 19.8 Å². The number of carbonyl (C=O) groups is 1. The highest BCUT2D eigenvalue weighted by Crippen LogP contribution is 2.26. The summed E-state index contributed by atoms with van der Waals surface area (Å²) >= 11 is 0. The van der Waals surface area contributed by atoms with E-state index in [-0.39, 0.29) is 6.04 Å². The molecule has 1 saturated carbocycles. The molecule has 0 amide bonds. The second kappa shape index (κ2) is 7.05. The van der Waals surface area contributed by atoms with Crippen LogP contribution in [0.5, 0.6) is 0 Å². The number of rotatable bonds is 4. The molecule has 0 bridgehead atoms. The van der Waals surface area contributed by atoms with Gasteiger partial charge in [-0.05, 0) is 25.7 Å². The maximum absolute atomic E-state index is 11.4. The van der Waals surface area contributed by atoms with Gasteiger partial charge >= 0.3 is 5.97 Å². The molecule has 1 rings (SSSR count). The van der Waals surface area contributed by atoms with E-state index < -0.39 is 11.9 Å². The van der Waals surface area contributed by atoms with E-state index >= 15 is 0 Å². The van der Waals surface area contributed by atoms with Crippen molar-refractivity contribution in [1.29, 1.82) is 5.26 Å². The second-order valence-electron chi connectivity index (χ2n) is 4.49. The molecule has 0 unspecified atom stereocenters. The van der Waals surface area contributed by atoms with Crippen LogP contribution in [0.4, 0.5) is 0 Å². The molecule has 4 heteroatoms. The van der Waals surface area contributed by atoms with Crippen LogP contribution in [0.25, 0.3) is 0 Å². The zero-order chi connectivity index (χ0) is 12.7. The third kappa shape index (κ3) is 4.18. The lowest BCUT2D eigenvalue weighted by Crippen LogP contribution is -2.23. The monoisotopic (exact) mass is 236 g/mol. The highest BCUT2D eigenvalue weighted by Gasteiger charge is 2.22. The zero-order valence-electron chi connectivity index (χ0n) is 10.6. The molecule has 0 aromatic heterocycles. The minimum absolute atomic E-state index is 0.258. The van der Waals surface area contributed by atoms with Crippen molar-refractivity contribution in [3.63, 3.8) is 0 Å². The summed E-state index contributed by atoms with van der Waals surface area (Å²) < 4.78 is 4.81. The quantitative estimate of drug-likeness (QED) is 0.556. The van der Waals surface area contributed by atoms with Crippen molar-refractivity contribution in [3.05, 3.63) is 0 Å². The predicted octanol–water partition coefficient (Wildman–Crippen LogP) is 2.34. The lowest BCUT2D eigenvalue weighted by atomic mass is 9.86. The van der Waals surface area contributed by atoms with E-state index in [1.54, 1.807) is 6.92 Å². The lowest BCUT2D eigenvalue weighted by molar-refractivity contribution is -0.143. The predicted molar refractivity (Wildman–Crippen MR) is 65.6 cm³/mol. The standard InChI is InChI=1S/C13H20N2O2/c1-3-17-13(16)11(8-14)9-15-12-7-5-4-6-10(12)2/h9-12H,3-7H2,1-2H3/t10-,11-,12+/m0/s1. The van der Waals surface area contributed by atoms with Gasteiger partial charge in [0.25, 0.3) is 0 Å². The first-order valence-electron chi connectivity index (χ1n) is 6.28. The number of hydrogen-bond donors (Lipinski definition) is 0. The van der Waals surface area contributed by atoms with E-state index in [1.165, 1.54) is 25.5 Å². The fourth-order valence-corrected chi connectivity index (χ4v) is 2.09. The smallest absolute Gasteiger partial charge is 0.328 e. The van der Waals surface area contributed by atoms with E-state index in [0.29, 0.717) is 12.5 Å². The SMILES string of the molecule is CCOC(=O)[C@@H](C#N)C=N[C@@H]1CCCC[C@@H]1C. The van der Waals surface area contributed by atoms with Gasteiger partial charge in [-0.25, -0.2) is 0 Å². The van der Waals surface area contributed by atoms with Crippen molar-refractivity contribution < 1.29 is 9.53 Å². The normalized spacial score (nSPS) is 26.4. The van der Waals surface area contributed by atoms with Crippen LogP contribution >= 0.6 is 0 Å². The number of nitriles is 1. The van der Waals surface area contributed by atoms with E-state index in [0.717, 1.165) is 6.42 Å². The van der Waals surface area contributed by atoms with Crippen LogP contribution in [0, 0.1) is 23.2 Å². The van der Waals surface area contributed by atoms with Crippen LogP contribution < -0.4 is 0 Å². The summed E-state index contributed by atoms with van der Waals surface area (Å²) in [7, 11) is 0. The lowest BCUT2D eigenvalue weighted by Gasteiger charge is -2.25. The van der Waals surface area contributed by atoms with Gasteiger partial charge < -0.3 is 4.74 Å². The van der Waals surface area contributed by atoms with Gasteiger partial charge in [-0.15, -0.1) is 0 Å². The molecule has 0 aliphatic heterocycles. The Morgan fingerprint density at radius 1 is 1.59 bits per heavy atom. The molecular weight excluding hydrogens is 216 g/mol. The van der Waals surface area contributed by atoms with Crippen molar-refractivity contribution in [2.75, 3.05) is 6.61 Å². The summed E-state index contributed by atoms with van der Waals surface area (Å²) in [6.07, 6.45) is 6.14. The van der Waals surface area contributed by atoms with Crippen LogP contribution in [0.3, 0.4) is 0 Å². The first kappa shape index (κ1) is 13.7. The fraction of sp³-hybridized carbons (Fsp3) is 0.769. The molecular formula is C13H20N2O2. The van der Waals surface area contributed by atoms with Crippen LogP contribution in [0.1, 0.15) is 39.5 Å². The van der Waals surface area contributed by atoms with Crippen molar-refractivity contribution >= 4 is 12.2 Å². The Balaban J connectivity index is 2.55. The van der Waals surface area contributed by atoms with Gasteiger partial charge in [0.05, 0.1) is 18.7 Å². The largest absolute Gasteiger partial charge is 0.465 e. The van der Waals surface area contributed by atoms with Gasteiger partial charge in [-0.2, -0.15) is 5.26 Å². The number of ether oxygens (including phenoxy) is 1. The van der Waals surface area contributed by atoms with Gasteiger partial charge in [-0.3, -0.25) is 9.79 Å². The molecule has 94 valence electrons. The third-order valence-corrected chi connectivity index (χ3v) is 3.17. The topological polar surface area (TPSA) is 62.5 Å². The maximum Gasteiger partial charge on any atom is 0.328 e. The van der Waals surface area contributed by atoms with Crippen molar-refractivity contribution in [3.8, 4) is 6.07 Å². The molecule has 0 aromatic rings. The second-order valence-corrected chi connectivity index (χ2v) is 4.49. The number of nitrogens with zero attached hydrogens (tertiary/aromatic N) is 2. The highest BCUT2D eigenvalue weighted by molar-refractivity contribution is 5.92. The van der Waals surface area contributed by atoms with Gasteiger partial charge in [0.15, 0.2) is 5.92 Å². The molecule has 3 atom stereocenters. The Morgan fingerprint density at radius 2 is 2.29 bits per heavy atom. The average molecular weight is 236 g/mol. The molecule has 0 heterocycles. The van der Waals surface area contributed by atoms with Crippen LogP contribution in [-0.2, 0) is 9.53 Å². The maximum atomic E-state index is 11.4. The summed E-state index contributed by atoms with van der Waals surface area (Å²) in [5, 5.41) is 8.88. The minimum atomic E-state index is -0.857.